The summed E-state index contributed by atoms with van der Waals surface area (Å²) in [6.45, 7) is 0.299. The molecular formula is C24H21BrClN3O3. The molecule has 0 saturated carbocycles. The number of hydrogen-bond donors (Lipinski definition) is 2. The Morgan fingerprint density at radius 1 is 1.16 bits per heavy atom. The molecular weight excluding hydrogens is 494 g/mol. The number of rotatable bonds is 6. The highest BCUT2D eigenvalue weighted by Crippen LogP contribution is 2.27. The molecule has 0 fully saturated rings. The number of carbonyl (C=O) groups excluding carboxylic acids is 2. The van der Waals surface area contributed by atoms with E-state index in [1.165, 1.54) is 11.8 Å². The summed E-state index contributed by atoms with van der Waals surface area (Å²) in [4.78, 5) is 27.9. The first-order valence-corrected chi connectivity index (χ1v) is 11.3. The minimum absolute atomic E-state index is 0.0398. The van der Waals surface area contributed by atoms with E-state index in [1.54, 1.807) is 30.3 Å². The molecule has 164 valence electrons. The molecule has 0 radical (unpaired) electrons. The van der Waals surface area contributed by atoms with Crippen LogP contribution in [0.4, 0.5) is 0 Å². The molecule has 6 nitrogen and oxygen atoms in total. The van der Waals surface area contributed by atoms with Gasteiger partial charge in [-0.25, -0.2) is 0 Å². The number of aromatic nitrogens is 1. The van der Waals surface area contributed by atoms with Gasteiger partial charge in [-0.3, -0.25) is 14.6 Å². The molecule has 1 heterocycles. The zero-order valence-electron chi connectivity index (χ0n) is 17.1. The van der Waals surface area contributed by atoms with Gasteiger partial charge in [0.1, 0.15) is 18.1 Å². The smallest absolute Gasteiger partial charge is 0.267 e. The number of fused-ring (bicyclic) bond motifs is 1. The maximum atomic E-state index is 12.7. The topological polar surface area (TPSA) is 94.3 Å². The lowest BCUT2D eigenvalue weighted by Crippen LogP contribution is -2.38. The number of pyridine rings is 1. The Balaban J connectivity index is 1.40. The molecule has 1 aromatic heterocycles. The summed E-state index contributed by atoms with van der Waals surface area (Å²) in [5.41, 5.74) is 9.29. The number of primary amides is 1. The molecule has 0 saturated heterocycles. The van der Waals surface area contributed by atoms with E-state index in [0.717, 1.165) is 36.1 Å². The first-order valence-electron chi connectivity index (χ1n) is 10.1. The maximum absolute atomic E-state index is 12.7. The molecule has 32 heavy (non-hydrogen) atoms. The van der Waals surface area contributed by atoms with E-state index in [2.05, 4.69) is 32.3 Å². The van der Waals surface area contributed by atoms with Gasteiger partial charge in [-0.05, 0) is 94.3 Å². The van der Waals surface area contributed by atoms with Gasteiger partial charge in [0.2, 0.25) is 0 Å². The number of nitrogens with zero attached hydrogens (tertiary/aromatic N) is 1. The molecule has 1 aliphatic rings. The molecule has 1 atom stereocenters. The molecule has 2 amide bonds. The fourth-order valence-electron chi connectivity index (χ4n) is 3.72. The number of hydrogen-bond acceptors (Lipinski definition) is 4. The number of ether oxygens (including phenoxy) is 1. The van der Waals surface area contributed by atoms with Crippen LogP contribution in [0.15, 0.2) is 59.2 Å². The Kier molecular flexibility index (Phi) is 6.77. The zero-order valence-corrected chi connectivity index (χ0v) is 19.4. The molecule has 1 unspecified atom stereocenters. The molecule has 0 bridgehead atoms. The number of aryl methyl sites for hydroxylation is 1. The molecule has 3 aromatic rings. The lowest BCUT2D eigenvalue weighted by molar-refractivity contribution is 0.0932. The average molecular weight is 515 g/mol. The van der Waals surface area contributed by atoms with Crippen molar-refractivity contribution in [2.24, 2.45) is 5.73 Å². The molecule has 3 N–H and O–H groups in total. The van der Waals surface area contributed by atoms with E-state index in [-0.39, 0.29) is 17.6 Å². The van der Waals surface area contributed by atoms with Gasteiger partial charge in [0.05, 0.1) is 5.02 Å². The van der Waals surface area contributed by atoms with Crippen molar-refractivity contribution in [2.45, 2.75) is 31.9 Å². The highest BCUT2D eigenvalue weighted by Gasteiger charge is 2.21. The van der Waals surface area contributed by atoms with Crippen molar-refractivity contribution in [3.63, 3.8) is 0 Å². The minimum Gasteiger partial charge on any atom is -0.489 e. The molecule has 2 aromatic carbocycles. The third kappa shape index (κ3) is 5.29. The van der Waals surface area contributed by atoms with Crippen molar-refractivity contribution in [3.8, 4) is 5.75 Å². The van der Waals surface area contributed by atoms with Crippen LogP contribution in [0.2, 0.25) is 5.02 Å². The van der Waals surface area contributed by atoms with Crippen molar-refractivity contribution < 1.29 is 14.3 Å². The van der Waals surface area contributed by atoms with Crippen molar-refractivity contribution in [3.05, 3.63) is 92.2 Å². The standard InChI is InChI=1S/C24H21BrClN3O3/c25-20-12-16(3-6-21(20)26)24(31)29-18-4-1-15-2-5-19(11-17(15)10-18)32-13-14-7-8-28-22(9-14)23(27)30/h2-3,5-9,11-12,18H,1,4,10,13H2,(H2,27,30)(H,29,31). The average Bonchev–Trinajstić information content (AvgIpc) is 2.79. The second kappa shape index (κ2) is 9.71. The van der Waals surface area contributed by atoms with E-state index in [1.807, 2.05) is 12.1 Å². The molecule has 8 heteroatoms. The van der Waals surface area contributed by atoms with Crippen LogP contribution >= 0.6 is 27.5 Å². The van der Waals surface area contributed by atoms with Crippen LogP contribution < -0.4 is 15.8 Å². The first-order chi connectivity index (χ1) is 15.4. The molecule has 1 aliphatic carbocycles. The Bertz CT molecular complexity index is 1180. The zero-order chi connectivity index (χ0) is 22.7. The van der Waals surface area contributed by atoms with Gasteiger partial charge in [0.15, 0.2) is 0 Å². The lowest BCUT2D eigenvalue weighted by atomic mass is 9.88. The Hall–Kier alpha value is -2.90. The van der Waals surface area contributed by atoms with Crippen molar-refractivity contribution in [1.29, 1.82) is 0 Å². The van der Waals surface area contributed by atoms with Crippen molar-refractivity contribution in [2.75, 3.05) is 0 Å². The number of benzene rings is 2. The van der Waals surface area contributed by atoms with Crippen molar-refractivity contribution in [1.82, 2.24) is 10.3 Å². The second-order valence-electron chi connectivity index (χ2n) is 7.67. The predicted molar refractivity (Wildman–Crippen MR) is 126 cm³/mol. The summed E-state index contributed by atoms with van der Waals surface area (Å²) in [5, 5.41) is 3.69. The van der Waals surface area contributed by atoms with Gasteiger partial charge in [-0.15, -0.1) is 0 Å². The lowest BCUT2D eigenvalue weighted by Gasteiger charge is -2.26. The number of amides is 2. The van der Waals surface area contributed by atoms with Crippen LogP contribution in [-0.4, -0.2) is 22.8 Å². The van der Waals surface area contributed by atoms with Crippen LogP contribution in [0.3, 0.4) is 0 Å². The summed E-state index contributed by atoms with van der Waals surface area (Å²) in [5.74, 6) is 0.0423. The summed E-state index contributed by atoms with van der Waals surface area (Å²) in [7, 11) is 0. The summed E-state index contributed by atoms with van der Waals surface area (Å²) in [6, 6.07) is 14.6. The second-order valence-corrected chi connectivity index (χ2v) is 8.94. The Morgan fingerprint density at radius 3 is 2.78 bits per heavy atom. The van der Waals surface area contributed by atoms with Crippen LogP contribution in [0.5, 0.6) is 5.75 Å². The summed E-state index contributed by atoms with van der Waals surface area (Å²) < 4.78 is 6.61. The highest BCUT2D eigenvalue weighted by molar-refractivity contribution is 9.10. The van der Waals surface area contributed by atoms with E-state index in [0.29, 0.717) is 21.7 Å². The minimum atomic E-state index is -0.570. The van der Waals surface area contributed by atoms with Gasteiger partial charge in [-0.1, -0.05) is 17.7 Å². The van der Waals surface area contributed by atoms with E-state index in [9.17, 15) is 9.59 Å². The monoisotopic (exact) mass is 513 g/mol. The summed E-state index contributed by atoms with van der Waals surface area (Å²) in [6.07, 6.45) is 4.03. The molecule has 0 aliphatic heterocycles. The van der Waals surface area contributed by atoms with E-state index < -0.39 is 5.91 Å². The Morgan fingerprint density at radius 2 is 2.00 bits per heavy atom. The highest BCUT2D eigenvalue weighted by atomic mass is 79.9. The van der Waals surface area contributed by atoms with E-state index in [4.69, 9.17) is 22.1 Å². The van der Waals surface area contributed by atoms with Crippen LogP contribution in [-0.2, 0) is 19.4 Å². The van der Waals surface area contributed by atoms with Crippen LogP contribution in [0.1, 0.15) is 44.0 Å². The SMILES string of the molecule is NC(=O)c1cc(COc2ccc3c(c2)CC(NC(=O)c2ccc(Cl)c(Br)c2)CC3)ccn1. The first kappa shape index (κ1) is 22.3. The normalized spacial score (nSPS) is 15.0. The van der Waals surface area contributed by atoms with Gasteiger partial charge in [0.25, 0.3) is 11.8 Å². The van der Waals surface area contributed by atoms with Gasteiger partial charge >= 0.3 is 0 Å². The number of carbonyl (C=O) groups is 2. The quantitative estimate of drug-likeness (QED) is 0.508. The number of halogens is 2. The van der Waals surface area contributed by atoms with Gasteiger partial charge < -0.3 is 15.8 Å². The number of nitrogens with two attached hydrogens (primary N) is 1. The van der Waals surface area contributed by atoms with Crippen molar-refractivity contribution >= 4 is 39.3 Å². The largest absolute Gasteiger partial charge is 0.489 e. The predicted octanol–water partition coefficient (Wildman–Crippen LogP) is 4.46. The number of nitrogens with one attached hydrogen (secondary N) is 1. The third-order valence-corrected chi connectivity index (χ3v) is 6.62. The van der Waals surface area contributed by atoms with Crippen LogP contribution in [0, 0.1) is 0 Å². The maximum Gasteiger partial charge on any atom is 0.267 e. The Labute approximate surface area is 199 Å². The summed E-state index contributed by atoms with van der Waals surface area (Å²) >= 11 is 9.38. The molecule has 0 spiro atoms. The van der Waals surface area contributed by atoms with Gasteiger partial charge in [0, 0.05) is 22.3 Å². The third-order valence-electron chi connectivity index (χ3n) is 5.41. The van der Waals surface area contributed by atoms with Crippen LogP contribution in [0.25, 0.3) is 0 Å². The van der Waals surface area contributed by atoms with Gasteiger partial charge in [-0.2, -0.15) is 0 Å². The fraction of sp³-hybridized carbons (Fsp3) is 0.208. The fourth-order valence-corrected chi connectivity index (χ4v) is 4.21. The van der Waals surface area contributed by atoms with E-state index >= 15 is 0 Å². The molecule has 4 rings (SSSR count).